The number of nitrogens with zero attached hydrogens (tertiary/aromatic N) is 1. The van der Waals surface area contributed by atoms with Gasteiger partial charge in [0.05, 0.1) is 18.6 Å². The SMILES string of the molecule is C=C(C(=O)Nc1ccc(-c2ncc(CSCCOc3ccccc3)o2)cc1)C(C)CCCC/C(C)=C/C. The molecule has 5 nitrogen and oxygen atoms in total. The fourth-order valence-electron chi connectivity index (χ4n) is 3.72. The van der Waals surface area contributed by atoms with E-state index in [1.54, 1.807) is 18.0 Å². The van der Waals surface area contributed by atoms with E-state index in [1.807, 2.05) is 54.6 Å². The van der Waals surface area contributed by atoms with Crippen molar-refractivity contribution in [3.05, 3.63) is 90.4 Å². The molecule has 0 radical (unpaired) electrons. The van der Waals surface area contributed by atoms with Crippen molar-refractivity contribution in [3.63, 3.8) is 0 Å². The second-order valence-electron chi connectivity index (χ2n) is 9.18. The zero-order valence-corrected chi connectivity index (χ0v) is 23.0. The van der Waals surface area contributed by atoms with E-state index in [2.05, 4.69) is 43.7 Å². The van der Waals surface area contributed by atoms with Crippen LogP contribution in [0, 0.1) is 5.92 Å². The first-order chi connectivity index (χ1) is 18.0. The number of hydrogen-bond acceptors (Lipinski definition) is 5. The number of para-hydroxylation sites is 1. The molecule has 0 saturated carbocycles. The quantitative estimate of drug-likeness (QED) is 0.124. The smallest absolute Gasteiger partial charge is 0.251 e. The minimum absolute atomic E-state index is 0.128. The van der Waals surface area contributed by atoms with E-state index in [0.717, 1.165) is 59.9 Å². The number of ether oxygens (including phenoxy) is 1. The summed E-state index contributed by atoms with van der Waals surface area (Å²) in [6.07, 6.45) is 8.23. The summed E-state index contributed by atoms with van der Waals surface area (Å²) in [6.45, 7) is 11.0. The zero-order chi connectivity index (χ0) is 26.5. The van der Waals surface area contributed by atoms with Gasteiger partial charge in [-0.05, 0) is 75.4 Å². The van der Waals surface area contributed by atoms with Crippen LogP contribution in [-0.2, 0) is 10.5 Å². The van der Waals surface area contributed by atoms with Crippen LogP contribution in [0.4, 0.5) is 5.69 Å². The number of anilines is 1. The first-order valence-corrected chi connectivity index (χ1v) is 14.0. The Hall–Kier alpha value is -3.25. The third kappa shape index (κ3) is 9.62. The van der Waals surface area contributed by atoms with E-state index < -0.39 is 0 Å². The van der Waals surface area contributed by atoms with Crippen molar-refractivity contribution in [2.75, 3.05) is 17.7 Å². The lowest BCUT2D eigenvalue weighted by atomic mass is 9.94. The normalized spacial score (nSPS) is 12.2. The van der Waals surface area contributed by atoms with Gasteiger partial charge < -0.3 is 14.5 Å². The van der Waals surface area contributed by atoms with Gasteiger partial charge in [-0.3, -0.25) is 4.79 Å². The maximum Gasteiger partial charge on any atom is 0.251 e. The number of allylic oxidation sites excluding steroid dienone is 2. The van der Waals surface area contributed by atoms with E-state index >= 15 is 0 Å². The van der Waals surface area contributed by atoms with Crippen LogP contribution < -0.4 is 10.1 Å². The Bertz CT molecular complexity index is 1150. The number of oxazole rings is 1. The van der Waals surface area contributed by atoms with Crippen LogP contribution in [0.15, 0.2) is 89.0 Å². The molecule has 0 saturated heterocycles. The fraction of sp³-hybridized carbons (Fsp3) is 0.355. The van der Waals surface area contributed by atoms with Gasteiger partial charge in [0.1, 0.15) is 11.5 Å². The molecule has 3 aromatic rings. The molecule has 1 atom stereocenters. The van der Waals surface area contributed by atoms with E-state index in [1.165, 1.54) is 5.57 Å². The van der Waals surface area contributed by atoms with Crippen LogP contribution in [-0.4, -0.2) is 23.3 Å². The number of carbonyl (C=O) groups is 1. The standard InChI is InChI=1S/C31H38N2O3S/c1-5-23(2)11-9-10-12-24(3)25(4)30(34)33-27-17-15-26(16-18-27)31-32-21-29(36-31)22-37-20-19-35-28-13-7-6-8-14-28/h5-8,13-18,21,24H,4,9-12,19-20,22H2,1-3H3,(H,33,34)/b23-5+. The van der Waals surface area contributed by atoms with Crippen LogP contribution in [0.25, 0.3) is 11.5 Å². The number of hydrogen-bond donors (Lipinski definition) is 1. The molecule has 3 rings (SSSR count). The monoisotopic (exact) mass is 518 g/mol. The highest BCUT2D eigenvalue weighted by Crippen LogP contribution is 2.24. The molecule has 0 spiro atoms. The van der Waals surface area contributed by atoms with E-state index in [0.29, 0.717) is 18.1 Å². The number of aromatic nitrogens is 1. The van der Waals surface area contributed by atoms with Crippen molar-refractivity contribution in [2.45, 2.75) is 52.2 Å². The molecular formula is C31H38N2O3S. The summed E-state index contributed by atoms with van der Waals surface area (Å²) in [7, 11) is 0. The van der Waals surface area contributed by atoms with Gasteiger partial charge in [0, 0.05) is 22.6 Å². The van der Waals surface area contributed by atoms with E-state index in [9.17, 15) is 4.79 Å². The second-order valence-corrected chi connectivity index (χ2v) is 10.3. The fourth-order valence-corrected chi connectivity index (χ4v) is 4.40. The lowest BCUT2D eigenvalue weighted by Gasteiger charge is -2.15. The first kappa shape index (κ1) is 28.3. The molecular weight excluding hydrogens is 480 g/mol. The Balaban J connectivity index is 1.40. The Morgan fingerprint density at radius 2 is 1.92 bits per heavy atom. The maximum absolute atomic E-state index is 12.7. The Morgan fingerprint density at radius 1 is 1.16 bits per heavy atom. The van der Waals surface area contributed by atoms with Crippen LogP contribution in [0.5, 0.6) is 5.75 Å². The summed E-state index contributed by atoms with van der Waals surface area (Å²) < 4.78 is 11.6. The topological polar surface area (TPSA) is 64.4 Å². The second kappa shape index (κ2) is 15.1. The highest BCUT2D eigenvalue weighted by Gasteiger charge is 2.15. The maximum atomic E-state index is 12.7. The molecule has 37 heavy (non-hydrogen) atoms. The van der Waals surface area contributed by atoms with Crippen molar-refractivity contribution in [3.8, 4) is 17.2 Å². The molecule has 0 bridgehead atoms. The lowest BCUT2D eigenvalue weighted by Crippen LogP contribution is -2.18. The molecule has 196 valence electrons. The highest BCUT2D eigenvalue weighted by molar-refractivity contribution is 7.98. The van der Waals surface area contributed by atoms with Gasteiger partial charge in [-0.15, -0.1) is 0 Å². The van der Waals surface area contributed by atoms with Gasteiger partial charge in [0.15, 0.2) is 0 Å². The summed E-state index contributed by atoms with van der Waals surface area (Å²) in [5.41, 5.74) is 3.63. The lowest BCUT2D eigenvalue weighted by molar-refractivity contribution is -0.113. The summed E-state index contributed by atoms with van der Waals surface area (Å²) in [4.78, 5) is 17.1. The van der Waals surface area contributed by atoms with Crippen molar-refractivity contribution in [1.29, 1.82) is 0 Å². The van der Waals surface area contributed by atoms with Crippen molar-refractivity contribution >= 4 is 23.4 Å². The molecule has 1 heterocycles. The molecule has 1 amide bonds. The number of unbranched alkanes of at least 4 members (excludes halogenated alkanes) is 1. The predicted octanol–water partition coefficient (Wildman–Crippen LogP) is 8.31. The summed E-state index contributed by atoms with van der Waals surface area (Å²) >= 11 is 1.74. The highest BCUT2D eigenvalue weighted by atomic mass is 32.2. The third-order valence-electron chi connectivity index (χ3n) is 6.26. The molecule has 6 heteroatoms. The summed E-state index contributed by atoms with van der Waals surface area (Å²) in [5, 5.41) is 2.96. The Kier molecular flexibility index (Phi) is 11.6. The predicted molar refractivity (Wildman–Crippen MR) is 155 cm³/mol. The minimum atomic E-state index is -0.128. The molecule has 0 aliphatic heterocycles. The number of thioether (sulfide) groups is 1. The summed E-state index contributed by atoms with van der Waals surface area (Å²) in [5.74, 6) is 3.89. The van der Waals surface area contributed by atoms with Gasteiger partial charge in [0.2, 0.25) is 5.89 Å². The number of rotatable bonds is 15. The number of carbonyl (C=O) groups excluding carboxylic acids is 1. The van der Waals surface area contributed by atoms with Gasteiger partial charge in [0.25, 0.3) is 5.91 Å². The third-order valence-corrected chi connectivity index (χ3v) is 7.21. The van der Waals surface area contributed by atoms with Crippen molar-refractivity contribution in [1.82, 2.24) is 4.98 Å². The molecule has 0 aliphatic rings. The number of nitrogens with one attached hydrogen (secondary N) is 1. The largest absolute Gasteiger partial charge is 0.493 e. The average Bonchev–Trinajstić information content (AvgIpc) is 3.40. The number of benzene rings is 2. The van der Waals surface area contributed by atoms with Gasteiger partial charge in [-0.2, -0.15) is 11.8 Å². The minimum Gasteiger partial charge on any atom is -0.493 e. The zero-order valence-electron chi connectivity index (χ0n) is 22.2. The average molecular weight is 519 g/mol. The van der Waals surface area contributed by atoms with E-state index in [-0.39, 0.29) is 11.8 Å². The van der Waals surface area contributed by atoms with Crippen molar-refractivity contribution < 1.29 is 13.9 Å². The molecule has 1 unspecified atom stereocenters. The van der Waals surface area contributed by atoms with Gasteiger partial charge in [-0.25, -0.2) is 4.98 Å². The molecule has 2 aromatic carbocycles. The molecule has 1 N–H and O–H groups in total. The Morgan fingerprint density at radius 3 is 2.65 bits per heavy atom. The van der Waals surface area contributed by atoms with Crippen LogP contribution in [0.2, 0.25) is 0 Å². The molecule has 0 aliphatic carbocycles. The molecule has 0 fully saturated rings. The first-order valence-electron chi connectivity index (χ1n) is 12.9. The molecule has 1 aromatic heterocycles. The van der Waals surface area contributed by atoms with Crippen LogP contribution in [0.1, 0.15) is 52.2 Å². The number of amides is 1. The van der Waals surface area contributed by atoms with Crippen molar-refractivity contribution in [2.24, 2.45) is 5.92 Å². The van der Waals surface area contributed by atoms with Crippen LogP contribution >= 0.6 is 11.8 Å². The van der Waals surface area contributed by atoms with Gasteiger partial charge >= 0.3 is 0 Å². The van der Waals surface area contributed by atoms with Crippen LogP contribution in [0.3, 0.4) is 0 Å². The van der Waals surface area contributed by atoms with E-state index in [4.69, 9.17) is 9.15 Å². The summed E-state index contributed by atoms with van der Waals surface area (Å²) in [6, 6.07) is 17.4. The Labute approximate surface area is 225 Å². The van der Waals surface area contributed by atoms with Gasteiger partial charge in [-0.1, -0.05) is 49.8 Å².